The van der Waals surface area contributed by atoms with Gasteiger partial charge in [0.15, 0.2) is 5.60 Å². The van der Waals surface area contributed by atoms with Crippen LogP contribution in [0.2, 0.25) is 0 Å². The van der Waals surface area contributed by atoms with Crippen LogP contribution in [-0.2, 0) is 55.7 Å². The van der Waals surface area contributed by atoms with Gasteiger partial charge in [0.25, 0.3) is 0 Å². The summed E-state index contributed by atoms with van der Waals surface area (Å²) in [6.07, 6.45) is -2.03. The molecule has 1 fully saturated rings. The first-order valence-electron chi connectivity index (χ1n) is 17.6. The van der Waals surface area contributed by atoms with Gasteiger partial charge in [0, 0.05) is 11.6 Å². The van der Waals surface area contributed by atoms with Gasteiger partial charge in [-0.05, 0) is 27.8 Å². The molecule has 1 N–H and O–H groups in total. The van der Waals surface area contributed by atoms with Crippen LogP contribution in [0.1, 0.15) is 32.8 Å². The molecule has 52 heavy (non-hydrogen) atoms. The third kappa shape index (κ3) is 8.74. The number of aliphatic hydroxyl groups is 1. The van der Waals surface area contributed by atoms with Crippen molar-refractivity contribution in [3.05, 3.63) is 196 Å². The van der Waals surface area contributed by atoms with E-state index in [1.54, 1.807) is 6.20 Å². The van der Waals surface area contributed by atoms with Gasteiger partial charge in [-0.3, -0.25) is 0 Å². The average Bonchev–Trinajstić information content (AvgIpc) is 3.77. The Kier molecular flexibility index (Phi) is 12.3. The van der Waals surface area contributed by atoms with Crippen molar-refractivity contribution in [1.82, 2.24) is 4.98 Å². The molecule has 6 atom stereocenters. The number of thiazole rings is 1. The normalized spacial score (nSPS) is 21.4. The monoisotopic (exact) mass is 713 g/mol. The molecule has 8 heteroatoms. The van der Waals surface area contributed by atoms with Crippen LogP contribution in [0, 0.1) is 0 Å². The van der Waals surface area contributed by atoms with Gasteiger partial charge in [0.05, 0.1) is 33.0 Å². The highest BCUT2D eigenvalue weighted by Gasteiger charge is 2.57. The Balaban J connectivity index is 1.31. The third-order valence-electron chi connectivity index (χ3n) is 9.27. The van der Waals surface area contributed by atoms with Crippen molar-refractivity contribution in [3.8, 4) is 0 Å². The van der Waals surface area contributed by atoms with E-state index in [9.17, 15) is 5.11 Å². The summed E-state index contributed by atoms with van der Waals surface area (Å²) >= 11 is 1.37. The zero-order valence-electron chi connectivity index (χ0n) is 28.9. The lowest BCUT2D eigenvalue weighted by molar-refractivity contribution is -0.299. The van der Waals surface area contributed by atoms with Gasteiger partial charge in [-0.25, -0.2) is 4.98 Å². The van der Waals surface area contributed by atoms with Gasteiger partial charge in [-0.15, -0.1) is 11.3 Å². The lowest BCUT2D eigenvalue weighted by Crippen LogP contribution is -2.66. The molecule has 1 saturated heterocycles. The van der Waals surface area contributed by atoms with E-state index in [0.717, 1.165) is 22.3 Å². The minimum atomic E-state index is -1.70. The molecule has 0 radical (unpaired) electrons. The first kappa shape index (κ1) is 35.9. The number of rotatable bonds is 16. The molecule has 0 spiro atoms. The number of aromatic nitrogens is 1. The highest BCUT2D eigenvalue weighted by atomic mass is 32.1. The predicted molar refractivity (Wildman–Crippen MR) is 201 cm³/mol. The molecule has 0 amide bonds. The second-order valence-corrected chi connectivity index (χ2v) is 13.7. The lowest BCUT2D eigenvalue weighted by atomic mass is 9.80. The van der Waals surface area contributed by atoms with Crippen molar-refractivity contribution in [3.63, 3.8) is 0 Å². The van der Waals surface area contributed by atoms with Crippen LogP contribution in [0.3, 0.4) is 0 Å². The van der Waals surface area contributed by atoms with E-state index in [1.807, 2.05) is 157 Å². The maximum Gasteiger partial charge on any atom is 0.170 e. The van der Waals surface area contributed by atoms with Gasteiger partial charge in [-0.1, -0.05) is 152 Å². The van der Waals surface area contributed by atoms with E-state index in [2.05, 4.69) is 4.98 Å². The molecule has 2 heterocycles. The summed E-state index contributed by atoms with van der Waals surface area (Å²) < 4.78 is 34.1. The average molecular weight is 714 g/mol. The number of nitrogens with zero attached hydrogens (tertiary/aromatic N) is 1. The molecule has 7 rings (SSSR count). The Bertz CT molecular complexity index is 1880. The fraction of sp³-hybridized carbons (Fsp3) is 0.250. The van der Waals surface area contributed by atoms with Crippen molar-refractivity contribution in [2.75, 3.05) is 6.61 Å². The van der Waals surface area contributed by atoms with Gasteiger partial charge in [0.1, 0.15) is 35.5 Å². The van der Waals surface area contributed by atoms with Crippen LogP contribution in [0.25, 0.3) is 0 Å². The van der Waals surface area contributed by atoms with E-state index >= 15 is 0 Å². The summed E-state index contributed by atoms with van der Waals surface area (Å²) in [5, 5.41) is 15.5. The fourth-order valence-corrected chi connectivity index (χ4v) is 7.42. The van der Waals surface area contributed by atoms with Gasteiger partial charge >= 0.3 is 0 Å². The first-order valence-corrected chi connectivity index (χ1v) is 18.5. The van der Waals surface area contributed by atoms with Crippen molar-refractivity contribution in [2.24, 2.45) is 0 Å². The first-order chi connectivity index (χ1) is 25.7. The van der Waals surface area contributed by atoms with Crippen molar-refractivity contribution in [2.45, 2.75) is 62.5 Å². The Labute approximate surface area is 309 Å². The van der Waals surface area contributed by atoms with Crippen molar-refractivity contribution < 1.29 is 28.8 Å². The standard InChI is InChI=1S/C44H43NO6S/c46-44(43-45-26-27-52-43,37-24-14-5-15-25-37)42-41(50-31-36-22-12-4-13-23-36)40(49-30-35-20-10-3-11-21-35)39(48-29-34-18-8-2-9-19-34)38(51-42)32-47-28-33-16-6-1-7-17-33/h1-27,38-42,46H,28-32H2/t38-,39+,40+,41-,42-,44+/m1/s1. The number of benzene rings is 5. The summed E-state index contributed by atoms with van der Waals surface area (Å²) in [4.78, 5) is 4.66. The van der Waals surface area contributed by atoms with Crippen LogP contribution in [0.15, 0.2) is 163 Å². The topological polar surface area (TPSA) is 79.3 Å². The summed E-state index contributed by atoms with van der Waals surface area (Å²) in [6.45, 7) is 1.45. The zero-order valence-corrected chi connectivity index (χ0v) is 29.7. The van der Waals surface area contributed by atoms with E-state index in [-0.39, 0.29) is 13.2 Å². The SMILES string of the molecule is O[C@](c1ccccc1)(c1nccs1)[C@@H]1O[C@H](COCc2ccccc2)[C@H](OCc2ccccc2)[C@H](OCc2ccccc2)[C@H]1OCc1ccccc1. The molecular weight excluding hydrogens is 671 g/mol. The van der Waals surface area contributed by atoms with E-state index in [0.29, 0.717) is 30.4 Å². The summed E-state index contributed by atoms with van der Waals surface area (Å²) in [7, 11) is 0. The maximum atomic E-state index is 13.2. The minimum Gasteiger partial charge on any atom is -0.375 e. The van der Waals surface area contributed by atoms with Gasteiger partial charge in [0.2, 0.25) is 0 Å². The molecule has 6 aromatic rings. The Hall–Kier alpha value is -4.51. The molecule has 266 valence electrons. The predicted octanol–water partition coefficient (Wildman–Crippen LogP) is 8.12. The zero-order chi connectivity index (χ0) is 35.4. The Morgan fingerprint density at radius 2 is 1.00 bits per heavy atom. The molecule has 0 unspecified atom stereocenters. The smallest absolute Gasteiger partial charge is 0.170 e. The molecule has 1 aliphatic heterocycles. The van der Waals surface area contributed by atoms with Crippen LogP contribution >= 0.6 is 11.3 Å². The summed E-state index contributed by atoms with van der Waals surface area (Å²) in [5.74, 6) is 0. The molecule has 1 aliphatic rings. The quantitative estimate of drug-likeness (QED) is 0.109. The van der Waals surface area contributed by atoms with Crippen LogP contribution in [0.5, 0.6) is 0 Å². The third-order valence-corrected chi connectivity index (χ3v) is 10.2. The summed E-state index contributed by atoms with van der Waals surface area (Å²) in [6, 6.07) is 49.7. The van der Waals surface area contributed by atoms with Gasteiger partial charge < -0.3 is 28.8 Å². The van der Waals surface area contributed by atoms with E-state index in [1.165, 1.54) is 11.3 Å². The number of hydrogen-bond donors (Lipinski definition) is 1. The fourth-order valence-electron chi connectivity index (χ4n) is 6.64. The van der Waals surface area contributed by atoms with Gasteiger partial charge in [-0.2, -0.15) is 0 Å². The van der Waals surface area contributed by atoms with Crippen LogP contribution < -0.4 is 0 Å². The number of ether oxygens (including phenoxy) is 5. The second kappa shape index (κ2) is 17.8. The molecule has 0 bridgehead atoms. The Morgan fingerprint density at radius 3 is 1.48 bits per heavy atom. The Morgan fingerprint density at radius 1 is 0.558 bits per heavy atom. The van der Waals surface area contributed by atoms with Crippen molar-refractivity contribution in [1.29, 1.82) is 0 Å². The number of hydrogen-bond acceptors (Lipinski definition) is 8. The second-order valence-electron chi connectivity index (χ2n) is 12.8. The minimum absolute atomic E-state index is 0.185. The molecule has 7 nitrogen and oxygen atoms in total. The molecular formula is C44H43NO6S. The molecule has 1 aromatic heterocycles. The van der Waals surface area contributed by atoms with Crippen LogP contribution in [-0.4, -0.2) is 47.2 Å². The van der Waals surface area contributed by atoms with Crippen LogP contribution in [0.4, 0.5) is 0 Å². The largest absolute Gasteiger partial charge is 0.375 e. The highest BCUT2D eigenvalue weighted by Crippen LogP contribution is 2.43. The molecule has 0 saturated carbocycles. The van der Waals surface area contributed by atoms with Crippen molar-refractivity contribution >= 4 is 11.3 Å². The lowest BCUT2D eigenvalue weighted by Gasteiger charge is -2.50. The van der Waals surface area contributed by atoms with E-state index in [4.69, 9.17) is 23.7 Å². The van der Waals surface area contributed by atoms with E-state index < -0.39 is 36.1 Å². The summed E-state index contributed by atoms with van der Waals surface area (Å²) in [5.41, 5.74) is 2.98. The highest BCUT2D eigenvalue weighted by molar-refractivity contribution is 7.09. The molecule has 5 aromatic carbocycles. The molecule has 0 aliphatic carbocycles. The maximum absolute atomic E-state index is 13.2.